The summed E-state index contributed by atoms with van der Waals surface area (Å²) < 4.78 is 2.57. The lowest BCUT2D eigenvalue weighted by atomic mass is 9.89. The van der Waals surface area contributed by atoms with Crippen molar-refractivity contribution in [2.24, 2.45) is 0 Å². The number of benzene rings is 1. The zero-order valence-corrected chi connectivity index (χ0v) is 17.5. The Hall–Kier alpha value is -2.39. The molecule has 3 heterocycles. The Morgan fingerprint density at radius 2 is 1.89 bits per heavy atom. The van der Waals surface area contributed by atoms with Crippen LogP contribution in [0.5, 0.6) is 0 Å². The largest absolute Gasteiger partial charge is 0.317 e. The summed E-state index contributed by atoms with van der Waals surface area (Å²) in [4.78, 5) is 7.29. The molecule has 0 amide bonds. The minimum atomic E-state index is 1.04. The second-order valence-electron chi connectivity index (χ2n) is 8.63. The molecule has 0 radical (unpaired) electrons. The smallest absolute Gasteiger partial charge is 0.0531 e. The molecule has 1 aromatic carbocycles. The van der Waals surface area contributed by atoms with Crippen LogP contribution >= 0.6 is 0 Å². The fourth-order valence-electron chi connectivity index (χ4n) is 5.14. The SMILES string of the molecule is C/C(=C1/CCCc2nc(C)ccc21)n1c2c(c3cc(C)ccc31)CN(C)CC2. The van der Waals surface area contributed by atoms with Crippen molar-refractivity contribution in [3.8, 4) is 0 Å². The standard InChI is InChI=1S/C25H29N3/c1-16-8-11-24-21(14-16)22-15-27(4)13-12-25(22)28(24)18(3)19-6-5-7-23-20(19)10-9-17(2)26-23/h8-11,14H,5-7,12-13,15H2,1-4H3/b19-18+. The van der Waals surface area contributed by atoms with Gasteiger partial charge in [-0.3, -0.25) is 4.98 Å². The molecule has 0 saturated carbocycles. The van der Waals surface area contributed by atoms with Gasteiger partial charge in [-0.15, -0.1) is 0 Å². The van der Waals surface area contributed by atoms with E-state index in [0.717, 1.165) is 38.0 Å². The third kappa shape index (κ3) is 2.72. The van der Waals surface area contributed by atoms with E-state index in [9.17, 15) is 0 Å². The average Bonchev–Trinajstić information content (AvgIpc) is 2.99. The molecule has 0 bridgehead atoms. The summed E-state index contributed by atoms with van der Waals surface area (Å²) in [5, 5.41) is 1.43. The van der Waals surface area contributed by atoms with Gasteiger partial charge in [-0.05, 0) is 76.4 Å². The Morgan fingerprint density at radius 3 is 2.75 bits per heavy atom. The lowest BCUT2D eigenvalue weighted by Gasteiger charge is -2.26. The highest BCUT2D eigenvalue weighted by Gasteiger charge is 2.25. The second kappa shape index (κ2) is 6.59. The van der Waals surface area contributed by atoms with Gasteiger partial charge in [-0.2, -0.15) is 0 Å². The van der Waals surface area contributed by atoms with Crippen molar-refractivity contribution in [1.82, 2.24) is 14.5 Å². The molecule has 0 fully saturated rings. The van der Waals surface area contributed by atoms with Crippen LogP contribution in [0.4, 0.5) is 0 Å². The molecule has 2 aliphatic rings. The molecular formula is C25H29N3. The van der Waals surface area contributed by atoms with Crippen molar-refractivity contribution < 1.29 is 0 Å². The van der Waals surface area contributed by atoms with Gasteiger partial charge < -0.3 is 9.47 Å². The molecule has 0 N–H and O–H groups in total. The summed E-state index contributed by atoms with van der Waals surface area (Å²) in [7, 11) is 2.23. The Kier molecular flexibility index (Phi) is 4.17. The predicted octanol–water partition coefficient (Wildman–Crippen LogP) is 5.37. The highest BCUT2D eigenvalue weighted by Crippen LogP contribution is 2.39. The molecule has 28 heavy (non-hydrogen) atoms. The van der Waals surface area contributed by atoms with Crippen LogP contribution in [-0.2, 0) is 19.4 Å². The summed E-state index contributed by atoms with van der Waals surface area (Å²) in [5.74, 6) is 0. The molecule has 5 rings (SSSR count). The van der Waals surface area contributed by atoms with Gasteiger partial charge in [0.15, 0.2) is 0 Å². The Bertz CT molecular complexity index is 1120. The van der Waals surface area contributed by atoms with Crippen LogP contribution in [0.2, 0.25) is 0 Å². The van der Waals surface area contributed by atoms with E-state index in [-0.39, 0.29) is 0 Å². The quantitative estimate of drug-likeness (QED) is 0.574. The molecule has 3 heteroatoms. The first-order valence-corrected chi connectivity index (χ1v) is 10.5. The lowest BCUT2D eigenvalue weighted by Crippen LogP contribution is -2.27. The number of hydrogen-bond donors (Lipinski definition) is 0. The first-order valence-electron chi connectivity index (χ1n) is 10.5. The van der Waals surface area contributed by atoms with Gasteiger partial charge in [-0.25, -0.2) is 0 Å². The van der Waals surface area contributed by atoms with Gasteiger partial charge in [0, 0.05) is 53.2 Å². The fraction of sp³-hybridized carbons (Fsp3) is 0.400. The Labute approximate surface area is 167 Å². The number of hydrogen-bond acceptors (Lipinski definition) is 2. The first kappa shape index (κ1) is 17.7. The van der Waals surface area contributed by atoms with Crippen LogP contribution < -0.4 is 0 Å². The van der Waals surface area contributed by atoms with E-state index in [1.54, 1.807) is 0 Å². The van der Waals surface area contributed by atoms with E-state index >= 15 is 0 Å². The van der Waals surface area contributed by atoms with E-state index in [0.29, 0.717) is 0 Å². The monoisotopic (exact) mass is 371 g/mol. The number of likely N-dealkylation sites (N-methyl/N-ethyl adjacent to an activating group) is 1. The minimum Gasteiger partial charge on any atom is -0.317 e. The summed E-state index contributed by atoms with van der Waals surface area (Å²) in [6.45, 7) is 8.79. The van der Waals surface area contributed by atoms with Crippen molar-refractivity contribution in [2.45, 2.75) is 53.0 Å². The molecule has 3 nitrogen and oxygen atoms in total. The molecule has 3 aromatic rings. The van der Waals surface area contributed by atoms with E-state index in [2.05, 4.69) is 67.6 Å². The molecule has 144 valence electrons. The zero-order chi connectivity index (χ0) is 19.4. The Morgan fingerprint density at radius 1 is 1.04 bits per heavy atom. The van der Waals surface area contributed by atoms with E-state index in [1.807, 2.05) is 0 Å². The van der Waals surface area contributed by atoms with E-state index in [4.69, 9.17) is 4.98 Å². The number of fused-ring (bicyclic) bond motifs is 4. The maximum absolute atomic E-state index is 4.85. The highest BCUT2D eigenvalue weighted by atomic mass is 15.1. The molecule has 1 aliphatic heterocycles. The van der Waals surface area contributed by atoms with Crippen LogP contribution in [0, 0.1) is 13.8 Å². The third-order valence-electron chi connectivity index (χ3n) is 6.55. The van der Waals surface area contributed by atoms with Gasteiger partial charge >= 0.3 is 0 Å². The van der Waals surface area contributed by atoms with Crippen LogP contribution in [0.3, 0.4) is 0 Å². The van der Waals surface area contributed by atoms with Crippen molar-refractivity contribution in [3.63, 3.8) is 0 Å². The second-order valence-corrected chi connectivity index (χ2v) is 8.63. The first-order chi connectivity index (χ1) is 13.5. The summed E-state index contributed by atoms with van der Waals surface area (Å²) >= 11 is 0. The maximum Gasteiger partial charge on any atom is 0.0531 e. The van der Waals surface area contributed by atoms with E-state index < -0.39 is 0 Å². The van der Waals surface area contributed by atoms with Crippen LogP contribution in [-0.4, -0.2) is 28.0 Å². The molecule has 0 saturated heterocycles. The van der Waals surface area contributed by atoms with Gasteiger partial charge in [0.2, 0.25) is 0 Å². The zero-order valence-electron chi connectivity index (χ0n) is 17.5. The summed E-state index contributed by atoms with van der Waals surface area (Å²) in [6.07, 6.45) is 4.55. The van der Waals surface area contributed by atoms with Gasteiger partial charge in [0.05, 0.1) is 5.52 Å². The van der Waals surface area contributed by atoms with Crippen LogP contribution in [0.15, 0.2) is 30.3 Å². The molecule has 2 aromatic heterocycles. The fourth-order valence-corrected chi connectivity index (χ4v) is 5.14. The van der Waals surface area contributed by atoms with Crippen molar-refractivity contribution in [1.29, 1.82) is 0 Å². The molecule has 0 unspecified atom stereocenters. The normalized spacial score (nSPS) is 18.9. The van der Waals surface area contributed by atoms with Crippen molar-refractivity contribution in [3.05, 3.63) is 64.1 Å². The number of allylic oxidation sites excluding steroid dienone is 2. The highest BCUT2D eigenvalue weighted by molar-refractivity contribution is 5.94. The van der Waals surface area contributed by atoms with Crippen molar-refractivity contribution >= 4 is 22.2 Å². The predicted molar refractivity (Wildman–Crippen MR) is 117 cm³/mol. The number of aromatic nitrogens is 2. The summed E-state index contributed by atoms with van der Waals surface area (Å²) in [5.41, 5.74) is 12.4. The minimum absolute atomic E-state index is 1.04. The van der Waals surface area contributed by atoms with Gasteiger partial charge in [0.25, 0.3) is 0 Å². The van der Waals surface area contributed by atoms with Gasteiger partial charge in [-0.1, -0.05) is 17.7 Å². The van der Waals surface area contributed by atoms with Gasteiger partial charge in [0.1, 0.15) is 0 Å². The number of pyridine rings is 1. The molecular weight excluding hydrogens is 342 g/mol. The molecule has 1 aliphatic carbocycles. The van der Waals surface area contributed by atoms with Crippen molar-refractivity contribution in [2.75, 3.05) is 13.6 Å². The maximum atomic E-state index is 4.85. The number of aryl methyl sites for hydroxylation is 3. The lowest BCUT2D eigenvalue weighted by molar-refractivity contribution is 0.311. The van der Waals surface area contributed by atoms with Crippen LogP contribution in [0.25, 0.3) is 22.2 Å². The average molecular weight is 372 g/mol. The molecule has 0 atom stereocenters. The summed E-state index contributed by atoms with van der Waals surface area (Å²) in [6, 6.07) is 11.4. The number of nitrogens with zero attached hydrogens (tertiary/aromatic N) is 3. The topological polar surface area (TPSA) is 21.1 Å². The Balaban J connectivity index is 1.78. The third-order valence-corrected chi connectivity index (χ3v) is 6.55. The van der Waals surface area contributed by atoms with Crippen LogP contribution in [0.1, 0.15) is 53.5 Å². The van der Waals surface area contributed by atoms with E-state index in [1.165, 1.54) is 56.7 Å². The number of rotatable bonds is 1. The molecule has 0 spiro atoms.